The molecule has 1 saturated carbocycles. The minimum Gasteiger partial charge on any atom is -0.261 e. The zero-order valence-corrected chi connectivity index (χ0v) is 8.93. The Morgan fingerprint density at radius 1 is 1.31 bits per heavy atom. The largest absolute Gasteiger partial charge is 0.261 e. The molecule has 1 aromatic heterocycles. The summed E-state index contributed by atoms with van der Waals surface area (Å²) in [5.74, 6) is 0.704. The van der Waals surface area contributed by atoms with Crippen LogP contribution in [0.3, 0.4) is 0 Å². The van der Waals surface area contributed by atoms with Crippen LogP contribution in [0.2, 0.25) is 0 Å². The minimum absolute atomic E-state index is 0.305. The van der Waals surface area contributed by atoms with Crippen LogP contribution in [0.5, 0.6) is 0 Å². The Morgan fingerprint density at radius 2 is 2.31 bits per heavy atom. The first kappa shape index (κ1) is 8.45. The van der Waals surface area contributed by atoms with E-state index in [1.165, 1.54) is 17.7 Å². The Morgan fingerprint density at radius 3 is 3.31 bits per heavy atom. The number of pyridine rings is 1. The van der Waals surface area contributed by atoms with Gasteiger partial charge in [-0.1, -0.05) is 12.1 Å². The van der Waals surface area contributed by atoms with Crippen LogP contribution in [0, 0.1) is 11.3 Å². The minimum atomic E-state index is 0.305. The maximum atomic E-state index is 4.53. The Kier molecular flexibility index (Phi) is 1.43. The van der Waals surface area contributed by atoms with E-state index in [-0.39, 0.29) is 0 Å². The van der Waals surface area contributed by atoms with Crippen LogP contribution in [-0.4, -0.2) is 10.7 Å². The maximum absolute atomic E-state index is 4.53. The number of hydrogen-bond donors (Lipinski definition) is 0. The fourth-order valence-electron chi connectivity index (χ4n) is 2.99. The molecule has 0 aromatic carbocycles. The van der Waals surface area contributed by atoms with Crippen LogP contribution in [0.25, 0.3) is 6.08 Å². The van der Waals surface area contributed by atoms with Gasteiger partial charge in [0.25, 0.3) is 0 Å². The number of hydrogen-bond acceptors (Lipinski definition) is 2. The zero-order chi connectivity index (χ0) is 10.6. The standard InChI is InChI=1S/C14H12N2/c1-2-10-8-14-9-11(14)5-7-16-13(14)4-3-12(10)15-6-1/h1-7,11H,8-9H2. The van der Waals surface area contributed by atoms with E-state index in [2.05, 4.69) is 34.3 Å². The van der Waals surface area contributed by atoms with Crippen LogP contribution in [0.15, 0.2) is 41.7 Å². The first-order valence-electron chi connectivity index (χ1n) is 5.75. The van der Waals surface area contributed by atoms with E-state index in [4.69, 9.17) is 0 Å². The van der Waals surface area contributed by atoms with Crippen LogP contribution in [0.1, 0.15) is 17.7 Å². The highest BCUT2D eigenvalue weighted by atomic mass is 14.8. The molecule has 2 heterocycles. The molecule has 0 amide bonds. The van der Waals surface area contributed by atoms with E-state index in [0.717, 1.165) is 12.1 Å². The van der Waals surface area contributed by atoms with Crippen molar-refractivity contribution >= 4 is 11.8 Å². The highest BCUT2D eigenvalue weighted by molar-refractivity contribution is 6.06. The third-order valence-corrected chi connectivity index (χ3v) is 4.01. The molecular formula is C14H12N2. The van der Waals surface area contributed by atoms with Gasteiger partial charge < -0.3 is 0 Å². The second-order valence-electron chi connectivity index (χ2n) is 4.88. The van der Waals surface area contributed by atoms with E-state index in [1.54, 1.807) is 0 Å². The molecule has 0 N–H and O–H groups in total. The fourth-order valence-corrected chi connectivity index (χ4v) is 2.99. The number of nitrogens with zero attached hydrogens (tertiary/aromatic N) is 2. The third kappa shape index (κ3) is 0.967. The van der Waals surface area contributed by atoms with Crippen molar-refractivity contribution in [3.63, 3.8) is 0 Å². The second kappa shape index (κ2) is 2.70. The molecule has 4 rings (SSSR count). The van der Waals surface area contributed by atoms with Crippen molar-refractivity contribution < 1.29 is 0 Å². The Labute approximate surface area is 94.4 Å². The lowest BCUT2D eigenvalue weighted by Gasteiger charge is -2.17. The van der Waals surface area contributed by atoms with E-state index >= 15 is 0 Å². The lowest BCUT2D eigenvalue weighted by molar-refractivity contribution is 0.649. The molecule has 1 aromatic rings. The van der Waals surface area contributed by atoms with Crippen molar-refractivity contribution in [2.24, 2.45) is 16.3 Å². The van der Waals surface area contributed by atoms with Crippen LogP contribution >= 0.6 is 0 Å². The Balaban J connectivity index is 1.89. The molecule has 16 heavy (non-hydrogen) atoms. The summed E-state index contributed by atoms with van der Waals surface area (Å²) in [6.07, 6.45) is 12.7. The molecule has 2 unspecified atom stereocenters. The summed E-state index contributed by atoms with van der Waals surface area (Å²) in [5, 5.41) is 0. The fraction of sp³-hybridized carbons (Fsp3) is 0.286. The van der Waals surface area contributed by atoms with Gasteiger partial charge in [-0.25, -0.2) is 0 Å². The first-order chi connectivity index (χ1) is 7.88. The molecule has 2 aliphatic carbocycles. The maximum Gasteiger partial charge on any atom is 0.0662 e. The molecular weight excluding hydrogens is 196 g/mol. The molecule has 1 fully saturated rings. The number of rotatable bonds is 0. The van der Waals surface area contributed by atoms with E-state index in [9.17, 15) is 0 Å². The number of aromatic nitrogens is 1. The van der Waals surface area contributed by atoms with Crippen molar-refractivity contribution in [3.05, 3.63) is 47.9 Å². The second-order valence-corrected chi connectivity index (χ2v) is 4.88. The highest BCUT2D eigenvalue weighted by Gasteiger charge is 2.57. The molecule has 1 aliphatic heterocycles. The van der Waals surface area contributed by atoms with Crippen molar-refractivity contribution in [2.45, 2.75) is 12.8 Å². The summed E-state index contributed by atoms with van der Waals surface area (Å²) in [4.78, 5) is 8.95. The number of fused-ring (bicyclic) bond motifs is 1. The lowest BCUT2D eigenvalue weighted by Crippen LogP contribution is -2.19. The van der Waals surface area contributed by atoms with Gasteiger partial charge in [0.1, 0.15) is 0 Å². The summed E-state index contributed by atoms with van der Waals surface area (Å²) in [7, 11) is 0. The van der Waals surface area contributed by atoms with E-state index < -0.39 is 0 Å². The Bertz CT molecular complexity index is 554. The molecule has 2 nitrogen and oxygen atoms in total. The van der Waals surface area contributed by atoms with Gasteiger partial charge in [0, 0.05) is 23.5 Å². The SMILES string of the molecule is C1=CC2CC23Cc2cccnc2C=CC3=N1. The average Bonchev–Trinajstić information content (AvgIpc) is 3.04. The zero-order valence-electron chi connectivity index (χ0n) is 8.93. The van der Waals surface area contributed by atoms with Gasteiger partial charge in [-0.2, -0.15) is 0 Å². The molecule has 78 valence electrons. The van der Waals surface area contributed by atoms with Crippen LogP contribution in [-0.2, 0) is 6.42 Å². The number of aliphatic imine (C=N–C) groups is 1. The lowest BCUT2D eigenvalue weighted by atomic mass is 9.89. The molecule has 0 radical (unpaired) electrons. The van der Waals surface area contributed by atoms with Gasteiger partial charge in [-0.05, 0) is 42.5 Å². The molecule has 0 saturated heterocycles. The molecule has 2 heteroatoms. The van der Waals surface area contributed by atoms with Gasteiger partial charge in [0.05, 0.1) is 5.69 Å². The van der Waals surface area contributed by atoms with E-state index in [1.807, 2.05) is 18.5 Å². The quantitative estimate of drug-likeness (QED) is 0.643. The topological polar surface area (TPSA) is 25.2 Å². The van der Waals surface area contributed by atoms with Gasteiger partial charge in [0.15, 0.2) is 0 Å². The smallest absolute Gasteiger partial charge is 0.0662 e. The van der Waals surface area contributed by atoms with Crippen molar-refractivity contribution in [1.82, 2.24) is 4.98 Å². The Hall–Kier alpha value is -1.70. The summed E-state index contributed by atoms with van der Waals surface area (Å²) in [6.45, 7) is 0. The normalized spacial score (nSPS) is 33.2. The third-order valence-electron chi connectivity index (χ3n) is 4.01. The van der Waals surface area contributed by atoms with Crippen LogP contribution < -0.4 is 0 Å². The average molecular weight is 208 g/mol. The highest BCUT2D eigenvalue weighted by Crippen LogP contribution is 2.59. The van der Waals surface area contributed by atoms with Gasteiger partial charge in [0.2, 0.25) is 0 Å². The van der Waals surface area contributed by atoms with Gasteiger partial charge >= 0.3 is 0 Å². The number of allylic oxidation sites excluding steroid dienone is 2. The van der Waals surface area contributed by atoms with Crippen molar-refractivity contribution in [1.29, 1.82) is 0 Å². The predicted molar refractivity (Wildman–Crippen MR) is 64.1 cm³/mol. The summed E-state index contributed by atoms with van der Waals surface area (Å²) < 4.78 is 0. The molecule has 0 bridgehead atoms. The van der Waals surface area contributed by atoms with Gasteiger partial charge in [-0.3, -0.25) is 9.98 Å². The first-order valence-corrected chi connectivity index (χ1v) is 5.75. The van der Waals surface area contributed by atoms with E-state index in [0.29, 0.717) is 11.3 Å². The summed E-state index contributed by atoms with van der Waals surface area (Å²) in [6, 6.07) is 4.22. The summed E-state index contributed by atoms with van der Waals surface area (Å²) >= 11 is 0. The van der Waals surface area contributed by atoms with Crippen molar-refractivity contribution in [2.75, 3.05) is 0 Å². The van der Waals surface area contributed by atoms with Crippen LogP contribution in [0.4, 0.5) is 0 Å². The molecule has 1 spiro atoms. The van der Waals surface area contributed by atoms with Crippen molar-refractivity contribution in [3.8, 4) is 0 Å². The molecule has 2 atom stereocenters. The van der Waals surface area contributed by atoms with Gasteiger partial charge in [-0.15, -0.1) is 0 Å². The summed E-state index contributed by atoms with van der Waals surface area (Å²) in [5.41, 5.74) is 4.03. The molecule has 3 aliphatic rings. The monoisotopic (exact) mass is 208 g/mol. The predicted octanol–water partition coefficient (Wildman–Crippen LogP) is 2.63.